The van der Waals surface area contributed by atoms with Crippen LogP contribution in [0.25, 0.3) is 0 Å². The number of hydrogen-bond acceptors (Lipinski definition) is 6. The molecule has 0 saturated heterocycles. The van der Waals surface area contributed by atoms with Crippen LogP contribution in [-0.2, 0) is 25.6 Å². The van der Waals surface area contributed by atoms with Gasteiger partial charge in [-0.25, -0.2) is 0 Å². The molecular weight excluding hydrogens is 418 g/mol. The summed E-state index contributed by atoms with van der Waals surface area (Å²) in [5.74, 6) is -1.06. The number of ether oxygens (including phenoxy) is 1. The summed E-state index contributed by atoms with van der Waals surface area (Å²) < 4.78 is 5.14. The summed E-state index contributed by atoms with van der Waals surface area (Å²) in [7, 11) is 3.06. The number of likely N-dealkylation sites (N-methyl/N-ethyl adjacent to an activating group) is 1. The molecule has 1 aromatic rings. The van der Waals surface area contributed by atoms with E-state index < -0.39 is 29.0 Å². The maximum absolute atomic E-state index is 12.8. The highest BCUT2D eigenvalue weighted by atomic mass is 32.2. The van der Waals surface area contributed by atoms with Crippen molar-refractivity contribution in [3.05, 3.63) is 29.8 Å². The Morgan fingerprint density at radius 1 is 1.13 bits per heavy atom. The third-order valence-corrected chi connectivity index (χ3v) is 5.87. The molecule has 8 nitrogen and oxygen atoms in total. The molecule has 0 spiro atoms. The summed E-state index contributed by atoms with van der Waals surface area (Å²) in [5, 5.41) is 4.50. The van der Waals surface area contributed by atoms with Crippen LogP contribution in [0.3, 0.4) is 0 Å². The van der Waals surface area contributed by atoms with Crippen molar-refractivity contribution in [2.75, 3.05) is 14.2 Å². The number of nitrogens with one attached hydrogen (secondary N) is 2. The molecule has 3 atom stereocenters. The van der Waals surface area contributed by atoms with Gasteiger partial charge in [0.2, 0.25) is 17.7 Å². The Kier molecular flexibility index (Phi) is 11.1. The Morgan fingerprint density at radius 3 is 2.19 bits per heavy atom. The van der Waals surface area contributed by atoms with E-state index in [1.807, 2.05) is 26.0 Å². The fourth-order valence-electron chi connectivity index (χ4n) is 3.26. The van der Waals surface area contributed by atoms with E-state index >= 15 is 0 Å². The average Bonchev–Trinajstić information content (AvgIpc) is 2.70. The van der Waals surface area contributed by atoms with Crippen molar-refractivity contribution in [3.63, 3.8) is 0 Å². The first kappa shape index (κ1) is 26.5. The number of carbonyl (C=O) groups excluding carboxylic acids is 4. The summed E-state index contributed by atoms with van der Waals surface area (Å²) in [6.07, 6.45) is 0.657. The third-order valence-electron chi connectivity index (χ3n) is 4.74. The predicted molar refractivity (Wildman–Crippen MR) is 122 cm³/mol. The van der Waals surface area contributed by atoms with E-state index in [1.165, 1.54) is 14.0 Å². The van der Waals surface area contributed by atoms with Crippen LogP contribution < -0.4 is 21.1 Å². The minimum Gasteiger partial charge on any atom is -0.497 e. The molecule has 0 aromatic heterocycles. The first-order chi connectivity index (χ1) is 14.6. The van der Waals surface area contributed by atoms with Crippen LogP contribution >= 0.6 is 11.8 Å². The largest absolute Gasteiger partial charge is 0.497 e. The van der Waals surface area contributed by atoms with Gasteiger partial charge in [0, 0.05) is 32.1 Å². The Morgan fingerprint density at radius 2 is 1.74 bits per heavy atom. The van der Waals surface area contributed by atoms with Crippen molar-refractivity contribution in [1.29, 1.82) is 0 Å². The van der Waals surface area contributed by atoms with Crippen LogP contribution in [0.4, 0.5) is 0 Å². The minimum absolute atomic E-state index is 0.0965. The number of hydrogen-bond donors (Lipinski definition) is 3. The van der Waals surface area contributed by atoms with Gasteiger partial charge in [-0.1, -0.05) is 37.7 Å². The van der Waals surface area contributed by atoms with Crippen LogP contribution in [0, 0.1) is 11.8 Å². The van der Waals surface area contributed by atoms with Crippen molar-refractivity contribution >= 4 is 34.6 Å². The number of methoxy groups -OCH3 is 1. The first-order valence-electron chi connectivity index (χ1n) is 10.2. The monoisotopic (exact) mass is 451 g/mol. The zero-order valence-electron chi connectivity index (χ0n) is 18.8. The van der Waals surface area contributed by atoms with Gasteiger partial charge in [-0.15, -0.1) is 0 Å². The number of nitrogens with two attached hydrogens (primary N) is 1. The third kappa shape index (κ3) is 9.42. The summed E-state index contributed by atoms with van der Waals surface area (Å²) in [6, 6.07) is 6.40. The Hall–Kier alpha value is -2.55. The molecule has 0 aliphatic carbocycles. The van der Waals surface area contributed by atoms with E-state index in [0.717, 1.165) is 17.3 Å². The lowest BCUT2D eigenvalue weighted by Crippen LogP contribution is -2.48. The number of carbonyl (C=O) groups is 4. The SMILES string of the molecule is CNC(=O)[C@H](Cc1ccc(OC)cc1)NC(=O)CC(SC(C)=O)C(CC(C)C)C(N)=O. The number of benzene rings is 1. The quantitative estimate of drug-likeness (QED) is 0.443. The maximum Gasteiger partial charge on any atom is 0.242 e. The van der Waals surface area contributed by atoms with Crippen LogP contribution in [0.5, 0.6) is 5.75 Å². The van der Waals surface area contributed by atoms with Gasteiger partial charge in [0.25, 0.3) is 0 Å². The minimum atomic E-state index is -0.800. The standard InChI is InChI=1S/C22H33N3O5S/c1-13(2)10-17(21(23)28)19(31-14(3)26)12-20(27)25-18(22(29)24-4)11-15-6-8-16(30-5)9-7-15/h6-9,13,17-19H,10-12H2,1-5H3,(H2,23,28)(H,24,29)(H,25,27)/t17?,18-,19?/m0/s1. The molecule has 4 N–H and O–H groups in total. The Bertz CT molecular complexity index is 767. The van der Waals surface area contributed by atoms with E-state index in [9.17, 15) is 19.2 Å². The van der Waals surface area contributed by atoms with Gasteiger partial charge in [-0.2, -0.15) is 0 Å². The second kappa shape index (κ2) is 13.0. The van der Waals surface area contributed by atoms with Crippen molar-refractivity contribution in [2.24, 2.45) is 17.6 Å². The second-order valence-electron chi connectivity index (χ2n) is 7.78. The molecule has 0 radical (unpaired) electrons. The lowest BCUT2D eigenvalue weighted by Gasteiger charge is -2.25. The van der Waals surface area contributed by atoms with E-state index in [0.29, 0.717) is 12.2 Å². The summed E-state index contributed by atoms with van der Waals surface area (Å²) in [4.78, 5) is 48.8. The molecule has 0 aliphatic rings. The Labute approximate surface area is 188 Å². The van der Waals surface area contributed by atoms with Gasteiger partial charge < -0.3 is 21.1 Å². The lowest BCUT2D eigenvalue weighted by molar-refractivity contribution is -0.129. The summed E-state index contributed by atoms with van der Waals surface area (Å²) in [5.41, 5.74) is 6.41. The fraction of sp³-hybridized carbons (Fsp3) is 0.545. The van der Waals surface area contributed by atoms with E-state index in [1.54, 1.807) is 19.2 Å². The Balaban J connectivity index is 2.95. The summed E-state index contributed by atoms with van der Waals surface area (Å²) >= 11 is 0.941. The van der Waals surface area contributed by atoms with E-state index in [-0.39, 0.29) is 29.8 Å². The highest BCUT2D eigenvalue weighted by Gasteiger charge is 2.32. The zero-order valence-corrected chi connectivity index (χ0v) is 19.6. The molecule has 3 amide bonds. The van der Waals surface area contributed by atoms with Crippen LogP contribution in [0.15, 0.2) is 24.3 Å². The summed E-state index contributed by atoms with van der Waals surface area (Å²) in [6.45, 7) is 5.28. The molecule has 0 heterocycles. The van der Waals surface area contributed by atoms with Gasteiger partial charge >= 0.3 is 0 Å². The molecule has 9 heteroatoms. The van der Waals surface area contributed by atoms with Crippen LogP contribution in [-0.4, -0.2) is 48.3 Å². The molecule has 0 bridgehead atoms. The normalized spacial score (nSPS) is 13.7. The topological polar surface area (TPSA) is 128 Å². The average molecular weight is 452 g/mol. The number of rotatable bonds is 12. The second-order valence-corrected chi connectivity index (χ2v) is 9.19. The van der Waals surface area contributed by atoms with Crippen molar-refractivity contribution < 1.29 is 23.9 Å². The van der Waals surface area contributed by atoms with Crippen molar-refractivity contribution in [3.8, 4) is 5.75 Å². The lowest BCUT2D eigenvalue weighted by atomic mass is 9.91. The van der Waals surface area contributed by atoms with Crippen molar-refractivity contribution in [2.45, 2.75) is 51.3 Å². The first-order valence-corrected chi connectivity index (χ1v) is 11.1. The van der Waals surface area contributed by atoms with Crippen molar-refractivity contribution in [1.82, 2.24) is 10.6 Å². The van der Waals surface area contributed by atoms with Crippen LogP contribution in [0.2, 0.25) is 0 Å². The number of primary amides is 1. The molecule has 172 valence electrons. The smallest absolute Gasteiger partial charge is 0.242 e. The molecule has 0 saturated carbocycles. The fourth-order valence-corrected chi connectivity index (χ4v) is 4.33. The maximum atomic E-state index is 12.8. The van der Waals surface area contributed by atoms with Gasteiger partial charge in [0.05, 0.1) is 13.0 Å². The molecule has 1 aromatic carbocycles. The molecule has 0 aliphatic heterocycles. The highest BCUT2D eigenvalue weighted by Crippen LogP contribution is 2.29. The highest BCUT2D eigenvalue weighted by molar-refractivity contribution is 8.14. The number of amides is 3. The zero-order chi connectivity index (χ0) is 23.6. The van der Waals surface area contributed by atoms with Gasteiger partial charge in [-0.05, 0) is 30.0 Å². The van der Waals surface area contributed by atoms with E-state index in [2.05, 4.69) is 10.6 Å². The van der Waals surface area contributed by atoms with Crippen LogP contribution in [0.1, 0.15) is 39.2 Å². The molecule has 31 heavy (non-hydrogen) atoms. The molecular formula is C22H33N3O5S. The molecule has 0 fully saturated rings. The number of thioether (sulfide) groups is 1. The van der Waals surface area contributed by atoms with Gasteiger partial charge in [0.1, 0.15) is 11.8 Å². The van der Waals surface area contributed by atoms with Gasteiger partial charge in [0.15, 0.2) is 5.12 Å². The predicted octanol–water partition coefficient (Wildman–Crippen LogP) is 1.65. The molecule has 2 unspecified atom stereocenters. The van der Waals surface area contributed by atoms with E-state index in [4.69, 9.17) is 10.5 Å². The van der Waals surface area contributed by atoms with Gasteiger partial charge in [-0.3, -0.25) is 19.2 Å². The molecule has 1 rings (SSSR count).